The van der Waals surface area contributed by atoms with Gasteiger partial charge in [-0.15, -0.1) is 0 Å². The molecule has 0 aromatic carbocycles. The van der Waals surface area contributed by atoms with Crippen LogP contribution in [0.1, 0.15) is 13.3 Å². The van der Waals surface area contributed by atoms with Crippen molar-refractivity contribution in [2.45, 2.75) is 18.9 Å². The number of carbonyl (C=O) groups excluding carboxylic acids is 2. The second kappa shape index (κ2) is 4.59. The van der Waals surface area contributed by atoms with Crippen molar-refractivity contribution in [3.05, 3.63) is 0 Å². The number of hydrogen-bond acceptors (Lipinski definition) is 4. The monoisotopic (exact) mass is 215 g/mol. The van der Waals surface area contributed by atoms with E-state index in [0.29, 0.717) is 13.1 Å². The van der Waals surface area contributed by atoms with E-state index in [1.807, 2.05) is 0 Å². The zero-order valence-electron chi connectivity index (χ0n) is 9.29. The number of nitrogens with zero attached hydrogens (tertiary/aromatic N) is 1. The predicted octanol–water partition coefficient (Wildman–Crippen LogP) is -1.13. The first-order chi connectivity index (χ1) is 6.99. The molecule has 0 bridgehead atoms. The first kappa shape index (κ1) is 11.9. The van der Waals surface area contributed by atoms with Gasteiger partial charge in [0.1, 0.15) is 5.54 Å². The van der Waals surface area contributed by atoms with Crippen molar-refractivity contribution in [3.63, 3.8) is 0 Å². The van der Waals surface area contributed by atoms with Gasteiger partial charge in [-0.25, -0.2) is 5.06 Å². The van der Waals surface area contributed by atoms with Gasteiger partial charge in [0.15, 0.2) is 0 Å². The predicted molar refractivity (Wildman–Crippen MR) is 53.8 cm³/mol. The van der Waals surface area contributed by atoms with E-state index in [4.69, 9.17) is 4.84 Å². The van der Waals surface area contributed by atoms with Crippen molar-refractivity contribution < 1.29 is 14.4 Å². The molecule has 15 heavy (non-hydrogen) atoms. The normalized spacial score (nSPS) is 25.9. The topological polar surface area (TPSA) is 70.7 Å². The average molecular weight is 215 g/mol. The fraction of sp³-hybridized carbons (Fsp3) is 0.778. The second-order valence-electron chi connectivity index (χ2n) is 3.77. The van der Waals surface area contributed by atoms with Crippen molar-refractivity contribution in [1.82, 2.24) is 15.7 Å². The minimum absolute atomic E-state index is 0.0865. The highest BCUT2D eigenvalue weighted by atomic mass is 16.7. The van der Waals surface area contributed by atoms with E-state index in [1.54, 1.807) is 6.92 Å². The summed E-state index contributed by atoms with van der Waals surface area (Å²) in [6.45, 7) is 2.98. The summed E-state index contributed by atoms with van der Waals surface area (Å²) in [4.78, 5) is 27.9. The summed E-state index contributed by atoms with van der Waals surface area (Å²) in [6, 6.07) is 0. The Hall–Kier alpha value is -1.14. The van der Waals surface area contributed by atoms with Crippen molar-refractivity contribution in [2.75, 3.05) is 27.2 Å². The summed E-state index contributed by atoms with van der Waals surface area (Å²) >= 11 is 0. The quantitative estimate of drug-likeness (QED) is 0.585. The fourth-order valence-corrected chi connectivity index (χ4v) is 1.45. The van der Waals surface area contributed by atoms with Crippen LogP contribution in [0.4, 0.5) is 0 Å². The van der Waals surface area contributed by atoms with E-state index in [2.05, 4.69) is 10.6 Å². The average Bonchev–Trinajstić information content (AvgIpc) is 2.21. The van der Waals surface area contributed by atoms with Gasteiger partial charge in [0, 0.05) is 20.1 Å². The zero-order valence-corrected chi connectivity index (χ0v) is 9.29. The molecule has 1 unspecified atom stereocenters. The second-order valence-corrected chi connectivity index (χ2v) is 3.77. The molecule has 1 aliphatic rings. The number of hydroxylamine groups is 2. The molecule has 0 aliphatic carbocycles. The third-order valence-corrected chi connectivity index (χ3v) is 2.56. The Bertz CT molecular complexity index is 269. The fourth-order valence-electron chi connectivity index (χ4n) is 1.45. The van der Waals surface area contributed by atoms with Gasteiger partial charge in [-0.05, 0) is 6.92 Å². The molecule has 86 valence electrons. The molecule has 1 atom stereocenters. The first-order valence-corrected chi connectivity index (χ1v) is 4.83. The largest absolute Gasteiger partial charge is 0.353 e. The molecule has 0 aromatic rings. The van der Waals surface area contributed by atoms with Gasteiger partial charge in [-0.1, -0.05) is 0 Å². The molecule has 1 saturated heterocycles. The van der Waals surface area contributed by atoms with Gasteiger partial charge in [0.2, 0.25) is 11.8 Å². The molecule has 0 saturated carbocycles. The number of piperazine rings is 1. The van der Waals surface area contributed by atoms with E-state index in [1.165, 1.54) is 14.2 Å². The molecular weight excluding hydrogens is 198 g/mol. The minimum Gasteiger partial charge on any atom is -0.353 e. The van der Waals surface area contributed by atoms with E-state index < -0.39 is 5.54 Å². The van der Waals surface area contributed by atoms with Gasteiger partial charge in [-0.3, -0.25) is 14.4 Å². The molecule has 1 rings (SSSR count). The van der Waals surface area contributed by atoms with Crippen LogP contribution in [-0.4, -0.2) is 49.7 Å². The van der Waals surface area contributed by atoms with Gasteiger partial charge in [0.25, 0.3) is 0 Å². The standard InChI is InChI=1S/C9H17N3O3/c1-9(6-7(13)12(2)15-3)8(14)10-4-5-11-9/h11H,4-6H2,1-3H3,(H,10,14). The van der Waals surface area contributed by atoms with Crippen LogP contribution in [0.2, 0.25) is 0 Å². The van der Waals surface area contributed by atoms with Crippen LogP contribution in [0, 0.1) is 0 Å². The maximum Gasteiger partial charge on any atom is 0.248 e. The third-order valence-electron chi connectivity index (χ3n) is 2.56. The van der Waals surface area contributed by atoms with Crippen LogP contribution in [0.5, 0.6) is 0 Å². The molecule has 0 aromatic heterocycles. The lowest BCUT2D eigenvalue weighted by Gasteiger charge is -2.34. The minimum atomic E-state index is -0.831. The van der Waals surface area contributed by atoms with Crippen molar-refractivity contribution in [1.29, 1.82) is 0 Å². The molecule has 0 spiro atoms. The van der Waals surface area contributed by atoms with Gasteiger partial charge < -0.3 is 10.6 Å². The van der Waals surface area contributed by atoms with Crippen LogP contribution in [0.25, 0.3) is 0 Å². The molecular formula is C9H17N3O3. The smallest absolute Gasteiger partial charge is 0.248 e. The van der Waals surface area contributed by atoms with Crippen LogP contribution in [0.3, 0.4) is 0 Å². The lowest BCUT2D eigenvalue weighted by molar-refractivity contribution is -0.171. The summed E-state index contributed by atoms with van der Waals surface area (Å²) in [5.41, 5.74) is -0.831. The Labute approximate surface area is 88.9 Å². The molecule has 1 fully saturated rings. The number of nitrogens with one attached hydrogen (secondary N) is 2. The molecule has 1 aliphatic heterocycles. The molecule has 2 amide bonds. The van der Waals surface area contributed by atoms with Gasteiger partial charge >= 0.3 is 0 Å². The van der Waals surface area contributed by atoms with Gasteiger partial charge in [0.05, 0.1) is 13.5 Å². The van der Waals surface area contributed by atoms with E-state index in [0.717, 1.165) is 5.06 Å². The molecule has 6 heteroatoms. The zero-order chi connectivity index (χ0) is 11.5. The van der Waals surface area contributed by atoms with Crippen LogP contribution < -0.4 is 10.6 Å². The molecule has 6 nitrogen and oxygen atoms in total. The van der Waals surface area contributed by atoms with E-state index in [9.17, 15) is 9.59 Å². The Morgan fingerprint density at radius 1 is 1.60 bits per heavy atom. The summed E-state index contributed by atoms with van der Waals surface area (Å²) in [6.07, 6.45) is 0.0865. The first-order valence-electron chi connectivity index (χ1n) is 4.83. The Kier molecular flexibility index (Phi) is 3.65. The maximum atomic E-state index is 11.6. The summed E-state index contributed by atoms with van der Waals surface area (Å²) in [5, 5.41) is 6.88. The van der Waals surface area contributed by atoms with E-state index >= 15 is 0 Å². The van der Waals surface area contributed by atoms with Crippen LogP contribution >= 0.6 is 0 Å². The maximum absolute atomic E-state index is 11.6. The molecule has 2 N–H and O–H groups in total. The van der Waals surface area contributed by atoms with Crippen molar-refractivity contribution in [2.24, 2.45) is 0 Å². The van der Waals surface area contributed by atoms with Crippen LogP contribution in [0.15, 0.2) is 0 Å². The Morgan fingerprint density at radius 3 is 2.80 bits per heavy atom. The van der Waals surface area contributed by atoms with Gasteiger partial charge in [-0.2, -0.15) is 0 Å². The lowest BCUT2D eigenvalue weighted by Crippen LogP contribution is -2.62. The third kappa shape index (κ3) is 2.66. The Morgan fingerprint density at radius 2 is 2.27 bits per heavy atom. The Balaban J connectivity index is 2.62. The highest BCUT2D eigenvalue weighted by molar-refractivity contribution is 5.92. The SMILES string of the molecule is CON(C)C(=O)CC1(C)NCCNC1=O. The lowest BCUT2D eigenvalue weighted by atomic mass is 9.94. The molecule has 1 heterocycles. The number of amides is 2. The summed E-state index contributed by atoms with van der Waals surface area (Å²) in [7, 11) is 2.93. The molecule has 0 radical (unpaired) electrons. The van der Waals surface area contributed by atoms with Crippen molar-refractivity contribution in [3.8, 4) is 0 Å². The summed E-state index contributed by atoms with van der Waals surface area (Å²) < 4.78 is 0. The number of hydrogen-bond donors (Lipinski definition) is 2. The van der Waals surface area contributed by atoms with E-state index in [-0.39, 0.29) is 18.2 Å². The summed E-state index contributed by atoms with van der Waals surface area (Å²) in [5.74, 6) is -0.379. The highest BCUT2D eigenvalue weighted by Crippen LogP contribution is 2.13. The van der Waals surface area contributed by atoms with Crippen molar-refractivity contribution >= 4 is 11.8 Å². The van der Waals surface area contributed by atoms with Crippen LogP contribution in [-0.2, 0) is 14.4 Å². The number of rotatable bonds is 3. The number of carbonyl (C=O) groups is 2. The highest BCUT2D eigenvalue weighted by Gasteiger charge is 2.38.